The van der Waals surface area contributed by atoms with Gasteiger partial charge in [0, 0.05) is 24.8 Å². The summed E-state index contributed by atoms with van der Waals surface area (Å²) >= 11 is 0. The normalized spacial score (nSPS) is 16.7. The number of fused-ring (bicyclic) bond motifs is 1. The van der Waals surface area contributed by atoms with Crippen molar-refractivity contribution in [3.8, 4) is 0 Å². The van der Waals surface area contributed by atoms with Crippen LogP contribution in [0.5, 0.6) is 0 Å². The predicted molar refractivity (Wildman–Crippen MR) is 95.2 cm³/mol. The van der Waals surface area contributed by atoms with Crippen molar-refractivity contribution < 1.29 is 4.79 Å². The fourth-order valence-electron chi connectivity index (χ4n) is 3.01. The third kappa shape index (κ3) is 4.35. The Bertz CT molecular complexity index is 694. The zero-order valence-corrected chi connectivity index (χ0v) is 14.3. The number of likely N-dealkylation sites (N-methyl/N-ethyl adjacent to an activating group) is 1. The maximum atomic E-state index is 12.2. The number of nitrogens with one attached hydrogen (secondary N) is 2. The van der Waals surface area contributed by atoms with E-state index < -0.39 is 0 Å². The van der Waals surface area contributed by atoms with Gasteiger partial charge in [-0.3, -0.25) is 10.00 Å². The van der Waals surface area contributed by atoms with Gasteiger partial charge in [-0.2, -0.15) is 5.10 Å². The van der Waals surface area contributed by atoms with Gasteiger partial charge in [0.25, 0.3) is 0 Å². The van der Waals surface area contributed by atoms with Gasteiger partial charge in [0.2, 0.25) is 0 Å². The lowest BCUT2D eigenvalue weighted by Gasteiger charge is -2.25. The van der Waals surface area contributed by atoms with Gasteiger partial charge in [-0.1, -0.05) is 24.3 Å². The summed E-state index contributed by atoms with van der Waals surface area (Å²) in [6.45, 7) is 1.71. The van der Waals surface area contributed by atoms with Crippen LogP contribution in [-0.2, 0) is 19.4 Å². The molecular weight excluding hydrogens is 302 g/mol. The molecule has 1 aromatic heterocycles. The molecule has 1 atom stereocenters. The molecule has 0 saturated heterocycles. The molecule has 0 unspecified atom stereocenters. The standard InChI is InChI=1S/C18H25N5O/c1-22(2)11-12-23-10-9-17(21-23)20-18(24)19-16-8-7-14-5-3-4-6-15(14)13-16/h3-6,9-10,16H,7-8,11-13H2,1-2H3,(H2,19,20,21,24)/t16-/m1/s1. The van der Waals surface area contributed by atoms with Crippen molar-refractivity contribution >= 4 is 11.8 Å². The molecule has 3 rings (SSSR count). The topological polar surface area (TPSA) is 62.2 Å². The summed E-state index contributed by atoms with van der Waals surface area (Å²) in [4.78, 5) is 14.3. The molecule has 2 N–H and O–H groups in total. The zero-order chi connectivity index (χ0) is 16.9. The summed E-state index contributed by atoms with van der Waals surface area (Å²) in [5.41, 5.74) is 2.73. The molecule has 0 aliphatic heterocycles. The van der Waals surface area contributed by atoms with E-state index in [4.69, 9.17) is 0 Å². The summed E-state index contributed by atoms with van der Waals surface area (Å²) in [5, 5.41) is 10.3. The van der Waals surface area contributed by atoms with Crippen molar-refractivity contribution in [2.45, 2.75) is 31.8 Å². The Labute approximate surface area is 142 Å². The number of rotatable bonds is 5. The number of amides is 2. The number of hydrogen-bond acceptors (Lipinski definition) is 3. The van der Waals surface area contributed by atoms with Crippen LogP contribution in [0.1, 0.15) is 17.5 Å². The summed E-state index contributed by atoms with van der Waals surface area (Å²) in [6, 6.07) is 10.3. The number of carbonyl (C=O) groups excluding carboxylic acids is 1. The Morgan fingerprint density at radius 3 is 2.88 bits per heavy atom. The first-order valence-electron chi connectivity index (χ1n) is 8.42. The third-order valence-corrected chi connectivity index (χ3v) is 4.34. The van der Waals surface area contributed by atoms with E-state index in [0.717, 1.165) is 32.4 Å². The van der Waals surface area contributed by atoms with Gasteiger partial charge in [-0.05, 0) is 44.5 Å². The first kappa shape index (κ1) is 16.5. The molecule has 0 spiro atoms. The van der Waals surface area contributed by atoms with Crippen LogP contribution in [0, 0.1) is 0 Å². The number of nitrogens with zero attached hydrogens (tertiary/aromatic N) is 3. The molecular formula is C18H25N5O. The number of aromatic nitrogens is 2. The second kappa shape index (κ2) is 7.49. The summed E-state index contributed by atoms with van der Waals surface area (Å²) in [5.74, 6) is 0.586. The van der Waals surface area contributed by atoms with Gasteiger partial charge in [0.15, 0.2) is 5.82 Å². The van der Waals surface area contributed by atoms with Crippen molar-refractivity contribution in [2.24, 2.45) is 0 Å². The number of benzene rings is 1. The third-order valence-electron chi connectivity index (χ3n) is 4.34. The van der Waals surface area contributed by atoms with Gasteiger partial charge >= 0.3 is 6.03 Å². The van der Waals surface area contributed by atoms with Crippen LogP contribution in [-0.4, -0.2) is 47.4 Å². The molecule has 0 bridgehead atoms. The van der Waals surface area contributed by atoms with E-state index in [0.29, 0.717) is 5.82 Å². The molecule has 0 radical (unpaired) electrons. The second-order valence-corrected chi connectivity index (χ2v) is 6.57. The van der Waals surface area contributed by atoms with Crippen LogP contribution in [0.2, 0.25) is 0 Å². The maximum absolute atomic E-state index is 12.2. The first-order valence-corrected chi connectivity index (χ1v) is 8.42. The molecule has 1 aromatic carbocycles. The van der Waals surface area contributed by atoms with E-state index in [1.165, 1.54) is 11.1 Å². The highest BCUT2D eigenvalue weighted by atomic mass is 16.2. The van der Waals surface area contributed by atoms with Gasteiger partial charge in [-0.15, -0.1) is 0 Å². The van der Waals surface area contributed by atoms with Crippen molar-refractivity contribution in [1.29, 1.82) is 0 Å². The Balaban J connectivity index is 1.49. The van der Waals surface area contributed by atoms with Crippen LogP contribution in [0.4, 0.5) is 10.6 Å². The largest absolute Gasteiger partial charge is 0.335 e. The number of carbonyl (C=O) groups is 1. The van der Waals surface area contributed by atoms with Crippen molar-refractivity contribution in [3.63, 3.8) is 0 Å². The molecule has 0 fully saturated rings. The lowest BCUT2D eigenvalue weighted by molar-refractivity contribution is 0.247. The molecule has 1 heterocycles. The maximum Gasteiger partial charge on any atom is 0.320 e. The Hall–Kier alpha value is -2.34. The van der Waals surface area contributed by atoms with Crippen LogP contribution in [0.15, 0.2) is 36.5 Å². The lowest BCUT2D eigenvalue weighted by atomic mass is 9.88. The monoisotopic (exact) mass is 327 g/mol. The molecule has 2 aromatic rings. The van der Waals surface area contributed by atoms with Crippen LogP contribution in [0.3, 0.4) is 0 Å². The fraction of sp³-hybridized carbons (Fsp3) is 0.444. The van der Waals surface area contributed by atoms with E-state index >= 15 is 0 Å². The van der Waals surface area contributed by atoms with E-state index in [9.17, 15) is 4.79 Å². The minimum Gasteiger partial charge on any atom is -0.335 e. The number of aryl methyl sites for hydroxylation is 1. The summed E-state index contributed by atoms with van der Waals surface area (Å²) < 4.78 is 1.84. The first-order chi connectivity index (χ1) is 11.6. The van der Waals surface area contributed by atoms with E-state index in [1.54, 1.807) is 0 Å². The highest BCUT2D eigenvalue weighted by molar-refractivity contribution is 5.88. The Morgan fingerprint density at radius 1 is 1.29 bits per heavy atom. The number of hydrogen-bond donors (Lipinski definition) is 2. The Morgan fingerprint density at radius 2 is 2.08 bits per heavy atom. The van der Waals surface area contributed by atoms with E-state index in [-0.39, 0.29) is 12.1 Å². The molecule has 2 amide bonds. The highest BCUT2D eigenvalue weighted by Gasteiger charge is 2.20. The SMILES string of the molecule is CN(C)CCn1ccc(NC(=O)N[C@@H]2CCc3ccccc3C2)n1. The van der Waals surface area contributed by atoms with Crippen molar-refractivity contribution in [1.82, 2.24) is 20.0 Å². The van der Waals surface area contributed by atoms with Gasteiger partial charge < -0.3 is 10.2 Å². The summed E-state index contributed by atoms with van der Waals surface area (Å²) in [7, 11) is 4.05. The average molecular weight is 327 g/mol. The second-order valence-electron chi connectivity index (χ2n) is 6.57. The minimum absolute atomic E-state index is 0.177. The van der Waals surface area contributed by atoms with E-state index in [1.807, 2.05) is 31.0 Å². The minimum atomic E-state index is -0.183. The fourth-order valence-corrected chi connectivity index (χ4v) is 3.01. The highest BCUT2D eigenvalue weighted by Crippen LogP contribution is 2.21. The quantitative estimate of drug-likeness (QED) is 0.884. The smallest absolute Gasteiger partial charge is 0.320 e. The molecule has 1 aliphatic carbocycles. The van der Waals surface area contributed by atoms with Gasteiger partial charge in [-0.25, -0.2) is 4.79 Å². The molecule has 128 valence electrons. The molecule has 1 aliphatic rings. The van der Waals surface area contributed by atoms with Crippen LogP contribution >= 0.6 is 0 Å². The zero-order valence-electron chi connectivity index (χ0n) is 14.3. The molecule has 6 nitrogen and oxygen atoms in total. The van der Waals surface area contributed by atoms with Gasteiger partial charge in [0.1, 0.15) is 0 Å². The number of urea groups is 1. The van der Waals surface area contributed by atoms with Crippen molar-refractivity contribution in [2.75, 3.05) is 26.0 Å². The number of anilines is 1. The Kier molecular flexibility index (Phi) is 5.15. The molecule has 6 heteroatoms. The summed E-state index contributed by atoms with van der Waals surface area (Å²) in [6.07, 6.45) is 4.76. The van der Waals surface area contributed by atoms with Crippen LogP contribution < -0.4 is 10.6 Å². The van der Waals surface area contributed by atoms with Gasteiger partial charge in [0.05, 0.1) is 6.54 Å². The predicted octanol–water partition coefficient (Wildman–Crippen LogP) is 2.12. The lowest BCUT2D eigenvalue weighted by Crippen LogP contribution is -2.41. The van der Waals surface area contributed by atoms with Crippen LogP contribution in [0.25, 0.3) is 0 Å². The van der Waals surface area contributed by atoms with E-state index in [2.05, 4.69) is 44.9 Å². The molecule has 24 heavy (non-hydrogen) atoms. The van der Waals surface area contributed by atoms with Crippen molar-refractivity contribution in [3.05, 3.63) is 47.7 Å². The molecule has 0 saturated carbocycles. The average Bonchev–Trinajstić information content (AvgIpc) is 3.00.